The molecule has 0 amide bonds. The van der Waals surface area contributed by atoms with Gasteiger partial charge in [0.1, 0.15) is 6.33 Å². The van der Waals surface area contributed by atoms with Gasteiger partial charge in [-0.1, -0.05) is 12.8 Å². The Bertz CT molecular complexity index is 418. The molecule has 0 spiro atoms. The van der Waals surface area contributed by atoms with Crippen LogP contribution >= 0.6 is 0 Å². The van der Waals surface area contributed by atoms with Crippen LogP contribution in [0, 0.1) is 0 Å². The van der Waals surface area contributed by atoms with Gasteiger partial charge in [0.25, 0.3) is 10.0 Å². The lowest BCUT2D eigenvalue weighted by molar-refractivity contribution is 0.583. The lowest BCUT2D eigenvalue weighted by Gasteiger charge is -2.01. The fourth-order valence-corrected chi connectivity index (χ4v) is 2.24. The molecule has 78 valence electrons. The van der Waals surface area contributed by atoms with Gasteiger partial charge in [-0.15, -0.1) is 9.19 Å². The van der Waals surface area contributed by atoms with E-state index in [-0.39, 0.29) is 0 Å². The molecule has 0 atom stereocenters. The zero-order valence-electron chi connectivity index (χ0n) is 8.05. The Morgan fingerprint density at radius 1 is 1.43 bits per heavy atom. The van der Waals surface area contributed by atoms with Gasteiger partial charge in [0.2, 0.25) is 0 Å². The van der Waals surface area contributed by atoms with Crippen LogP contribution in [0.4, 0.5) is 0 Å². The highest BCUT2D eigenvalue weighted by Gasteiger charge is 2.21. The van der Waals surface area contributed by atoms with E-state index in [0.29, 0.717) is 11.7 Å². The van der Waals surface area contributed by atoms with Crippen molar-refractivity contribution in [2.45, 2.75) is 31.6 Å². The first kappa shape index (κ1) is 9.64. The summed E-state index contributed by atoms with van der Waals surface area (Å²) >= 11 is 0. The van der Waals surface area contributed by atoms with Gasteiger partial charge in [-0.05, 0) is 12.8 Å². The van der Waals surface area contributed by atoms with E-state index < -0.39 is 10.0 Å². The second-order valence-electron chi connectivity index (χ2n) is 3.72. The molecule has 0 unspecified atom stereocenters. The summed E-state index contributed by atoms with van der Waals surface area (Å²) in [6.07, 6.45) is 6.95. The molecule has 0 aromatic carbocycles. The largest absolute Gasteiger partial charge is 0.252 e. The normalized spacial score (nSPS) is 18.9. The molecule has 0 saturated heterocycles. The summed E-state index contributed by atoms with van der Waals surface area (Å²) in [5, 5.41) is 3.98. The summed E-state index contributed by atoms with van der Waals surface area (Å²) in [5.41, 5.74) is 0. The lowest BCUT2D eigenvalue weighted by Crippen LogP contribution is -2.11. The third-order valence-corrected chi connectivity index (χ3v) is 3.41. The van der Waals surface area contributed by atoms with E-state index in [0.717, 1.165) is 23.2 Å². The molecule has 1 aliphatic carbocycles. The highest BCUT2D eigenvalue weighted by Crippen LogP contribution is 2.31. The van der Waals surface area contributed by atoms with Gasteiger partial charge in [-0.25, -0.2) is 13.4 Å². The second-order valence-corrected chi connectivity index (χ2v) is 5.56. The molecule has 0 aliphatic heterocycles. The molecule has 1 aliphatic rings. The maximum atomic E-state index is 11.1. The van der Waals surface area contributed by atoms with Gasteiger partial charge in [-0.3, -0.25) is 0 Å². The van der Waals surface area contributed by atoms with Gasteiger partial charge in [0.15, 0.2) is 5.82 Å². The predicted molar refractivity (Wildman–Crippen MR) is 51.5 cm³/mol. The summed E-state index contributed by atoms with van der Waals surface area (Å²) in [6, 6.07) is 0. The van der Waals surface area contributed by atoms with Gasteiger partial charge >= 0.3 is 0 Å². The van der Waals surface area contributed by atoms with Crippen LogP contribution in [0.15, 0.2) is 6.33 Å². The van der Waals surface area contributed by atoms with Crippen molar-refractivity contribution >= 4 is 10.0 Å². The molecule has 0 bridgehead atoms. The van der Waals surface area contributed by atoms with Gasteiger partial charge in [0.05, 0.1) is 6.26 Å². The first-order chi connectivity index (χ1) is 6.57. The van der Waals surface area contributed by atoms with Crippen LogP contribution in [-0.4, -0.2) is 28.8 Å². The molecule has 14 heavy (non-hydrogen) atoms. The number of nitrogens with zero attached hydrogens (tertiary/aromatic N) is 3. The first-order valence-corrected chi connectivity index (χ1v) is 6.54. The van der Waals surface area contributed by atoms with E-state index >= 15 is 0 Å². The molecule has 0 radical (unpaired) electrons. The first-order valence-electron chi connectivity index (χ1n) is 4.69. The smallest absolute Gasteiger partial charge is 0.218 e. The Hall–Kier alpha value is -0.910. The molecule has 1 aromatic rings. The van der Waals surface area contributed by atoms with Crippen LogP contribution in [0.3, 0.4) is 0 Å². The van der Waals surface area contributed by atoms with E-state index in [9.17, 15) is 8.42 Å². The van der Waals surface area contributed by atoms with Crippen LogP contribution in [0.25, 0.3) is 0 Å². The highest BCUT2D eigenvalue weighted by atomic mass is 32.2. The molecule has 0 N–H and O–H groups in total. The molecule has 5 nitrogen and oxygen atoms in total. The number of aromatic nitrogens is 3. The van der Waals surface area contributed by atoms with Crippen LogP contribution in [-0.2, 0) is 10.0 Å². The second kappa shape index (κ2) is 3.34. The van der Waals surface area contributed by atoms with Crippen molar-refractivity contribution < 1.29 is 8.42 Å². The molecular formula is C8H13N3O2S. The minimum atomic E-state index is -3.27. The standard InChI is InChI=1S/C8H13N3O2S/c1-14(12,13)11-6-9-8(10-11)7-4-2-3-5-7/h6-7H,2-5H2,1H3. The Labute approximate surface area is 83.2 Å². The van der Waals surface area contributed by atoms with Crippen molar-refractivity contribution in [1.29, 1.82) is 0 Å². The van der Waals surface area contributed by atoms with Crippen LogP contribution < -0.4 is 0 Å². The number of hydrogen-bond acceptors (Lipinski definition) is 4. The summed E-state index contributed by atoms with van der Waals surface area (Å²) in [5.74, 6) is 1.03. The third-order valence-electron chi connectivity index (χ3n) is 2.55. The Morgan fingerprint density at radius 2 is 2.07 bits per heavy atom. The van der Waals surface area contributed by atoms with E-state index in [1.54, 1.807) is 0 Å². The minimum Gasteiger partial charge on any atom is -0.218 e. The van der Waals surface area contributed by atoms with Gasteiger partial charge in [0, 0.05) is 5.92 Å². The average molecular weight is 215 g/mol. The van der Waals surface area contributed by atoms with Crippen molar-refractivity contribution in [2.75, 3.05) is 6.26 Å². The molecule has 6 heteroatoms. The Morgan fingerprint density at radius 3 is 2.57 bits per heavy atom. The highest BCUT2D eigenvalue weighted by molar-refractivity contribution is 7.89. The molecule has 1 fully saturated rings. The monoisotopic (exact) mass is 215 g/mol. The number of hydrogen-bond donors (Lipinski definition) is 0. The van der Waals surface area contributed by atoms with Crippen molar-refractivity contribution in [1.82, 2.24) is 14.2 Å². The number of rotatable bonds is 2. The van der Waals surface area contributed by atoms with Crippen LogP contribution in [0.2, 0.25) is 0 Å². The molecule has 1 aromatic heterocycles. The van der Waals surface area contributed by atoms with Crippen molar-refractivity contribution in [3.05, 3.63) is 12.2 Å². The van der Waals surface area contributed by atoms with Gasteiger partial charge in [-0.2, -0.15) is 0 Å². The minimum absolute atomic E-state index is 0.359. The summed E-state index contributed by atoms with van der Waals surface area (Å²) in [6.45, 7) is 0. The average Bonchev–Trinajstić information content (AvgIpc) is 2.73. The summed E-state index contributed by atoms with van der Waals surface area (Å²) in [4.78, 5) is 4.04. The lowest BCUT2D eigenvalue weighted by atomic mass is 10.1. The van der Waals surface area contributed by atoms with Crippen molar-refractivity contribution in [2.24, 2.45) is 0 Å². The molecule has 2 rings (SSSR count). The van der Waals surface area contributed by atoms with E-state index in [1.165, 1.54) is 19.2 Å². The molecule has 1 saturated carbocycles. The van der Waals surface area contributed by atoms with E-state index in [2.05, 4.69) is 10.1 Å². The van der Waals surface area contributed by atoms with Gasteiger partial charge < -0.3 is 0 Å². The molecular weight excluding hydrogens is 202 g/mol. The van der Waals surface area contributed by atoms with Crippen molar-refractivity contribution in [3.63, 3.8) is 0 Å². The maximum Gasteiger partial charge on any atom is 0.252 e. The summed E-state index contributed by atoms with van der Waals surface area (Å²) in [7, 11) is -3.27. The maximum absolute atomic E-state index is 11.1. The fourth-order valence-electron chi connectivity index (χ4n) is 1.79. The topological polar surface area (TPSA) is 64.8 Å². The zero-order chi connectivity index (χ0) is 10.2. The van der Waals surface area contributed by atoms with E-state index in [1.807, 2.05) is 0 Å². The van der Waals surface area contributed by atoms with Crippen LogP contribution in [0.5, 0.6) is 0 Å². The van der Waals surface area contributed by atoms with Crippen LogP contribution in [0.1, 0.15) is 37.4 Å². The third kappa shape index (κ3) is 1.79. The SMILES string of the molecule is CS(=O)(=O)n1cnc(C2CCCC2)n1. The Balaban J connectivity index is 2.25. The molecule has 1 heterocycles. The van der Waals surface area contributed by atoms with Crippen molar-refractivity contribution in [3.8, 4) is 0 Å². The quantitative estimate of drug-likeness (QED) is 0.730. The predicted octanol–water partition coefficient (Wildman–Crippen LogP) is 0.743. The zero-order valence-corrected chi connectivity index (χ0v) is 8.87. The summed E-state index contributed by atoms with van der Waals surface area (Å²) < 4.78 is 23.2. The Kier molecular flexibility index (Phi) is 2.30. The van der Waals surface area contributed by atoms with E-state index in [4.69, 9.17) is 0 Å². The fraction of sp³-hybridized carbons (Fsp3) is 0.750.